The first kappa shape index (κ1) is 27.5. The molecule has 1 aromatic heterocycles. The van der Waals surface area contributed by atoms with E-state index >= 15 is 0 Å². The lowest BCUT2D eigenvalue weighted by Crippen LogP contribution is -2.66. The van der Waals surface area contributed by atoms with Gasteiger partial charge in [0.15, 0.2) is 0 Å². The summed E-state index contributed by atoms with van der Waals surface area (Å²) in [5.74, 6) is -2.67. The van der Waals surface area contributed by atoms with Crippen LogP contribution in [-0.2, 0) is 25.7 Å². The zero-order chi connectivity index (χ0) is 28.0. The van der Waals surface area contributed by atoms with Gasteiger partial charge in [-0.1, -0.05) is 6.92 Å². The smallest absolute Gasteiger partial charge is 0.353 e. The maximum absolute atomic E-state index is 13.2. The summed E-state index contributed by atoms with van der Waals surface area (Å²) in [5, 5.41) is 26.8. The number of hydrogen-bond donors (Lipinski definition) is 5. The molecule has 3 saturated heterocycles. The third kappa shape index (κ3) is 5.01. The van der Waals surface area contributed by atoms with Gasteiger partial charge >= 0.3 is 5.97 Å². The summed E-state index contributed by atoms with van der Waals surface area (Å²) in [4.78, 5) is 54.8. The SMILES string of the molecule is C[C@@H](NC(=O)Cn1cnnn1)[C@H]1C(=O)N2C(C(=O)O)=C(S[C@@H]3CN[C@H](C(=O)N4C[C@H](N)C[C@@H]4CN)C3)[C@H](C)[C@H]12. The second-order valence-corrected chi connectivity index (χ2v) is 12.0. The number of carbonyl (C=O) groups is 4. The van der Waals surface area contributed by atoms with Crippen LogP contribution in [0.4, 0.5) is 0 Å². The number of hydrogen-bond acceptors (Lipinski definition) is 11. The second kappa shape index (κ2) is 10.8. The van der Waals surface area contributed by atoms with Crippen LogP contribution < -0.4 is 22.1 Å². The maximum Gasteiger partial charge on any atom is 0.353 e. The van der Waals surface area contributed by atoms with E-state index in [1.165, 1.54) is 27.7 Å². The van der Waals surface area contributed by atoms with Gasteiger partial charge in [0.1, 0.15) is 18.6 Å². The lowest BCUT2D eigenvalue weighted by molar-refractivity contribution is -0.158. The third-order valence-electron chi connectivity index (χ3n) is 8.10. The number of fused-ring (bicyclic) bond motifs is 1. The van der Waals surface area contributed by atoms with Crippen LogP contribution in [0, 0.1) is 11.8 Å². The number of rotatable bonds is 9. The molecule has 7 N–H and O–H groups in total. The molecule has 0 bridgehead atoms. The van der Waals surface area contributed by atoms with Gasteiger partial charge in [-0.15, -0.1) is 16.9 Å². The first-order chi connectivity index (χ1) is 18.6. The number of carboxylic acid groups (broad SMARTS) is 1. The highest BCUT2D eigenvalue weighted by atomic mass is 32.2. The third-order valence-corrected chi connectivity index (χ3v) is 9.61. The normalized spacial score (nSPS) is 32.8. The van der Waals surface area contributed by atoms with Crippen LogP contribution in [0.1, 0.15) is 26.7 Å². The minimum absolute atomic E-state index is 0.00513. The average molecular weight is 563 g/mol. The van der Waals surface area contributed by atoms with E-state index in [1.54, 1.807) is 11.8 Å². The van der Waals surface area contributed by atoms with E-state index in [-0.39, 0.29) is 59.3 Å². The quantitative estimate of drug-likeness (QED) is 0.194. The van der Waals surface area contributed by atoms with Gasteiger partial charge in [0, 0.05) is 53.8 Å². The molecule has 8 atom stereocenters. The molecular formula is C23H34N10O5S. The number of amides is 3. The van der Waals surface area contributed by atoms with E-state index < -0.39 is 24.0 Å². The van der Waals surface area contributed by atoms with E-state index in [2.05, 4.69) is 26.2 Å². The first-order valence-corrected chi connectivity index (χ1v) is 14.0. The van der Waals surface area contributed by atoms with Crippen molar-refractivity contribution in [1.29, 1.82) is 0 Å². The number of tetrazole rings is 1. The highest BCUT2D eigenvalue weighted by Gasteiger charge is 2.60. The van der Waals surface area contributed by atoms with Crippen molar-refractivity contribution in [3.8, 4) is 0 Å². The van der Waals surface area contributed by atoms with Gasteiger partial charge in [-0.2, -0.15) is 0 Å². The van der Waals surface area contributed by atoms with Gasteiger partial charge in [0.25, 0.3) is 0 Å². The average Bonchev–Trinajstić information content (AvgIpc) is 3.67. The number of likely N-dealkylation sites (tertiary alicyclic amines) is 1. The minimum Gasteiger partial charge on any atom is -0.477 e. The molecule has 4 aliphatic rings. The summed E-state index contributed by atoms with van der Waals surface area (Å²) in [5.41, 5.74) is 11.9. The van der Waals surface area contributed by atoms with E-state index in [1.807, 2.05) is 6.92 Å². The molecule has 16 heteroatoms. The Bertz CT molecular complexity index is 1180. The minimum atomic E-state index is -1.16. The predicted octanol–water partition coefficient (Wildman–Crippen LogP) is -2.70. The standard InChI is InChI=1S/C23H34N10O5S/c1-10-18-17(11(2)28-16(34)8-31-9-27-29-30-31)22(36)33(18)19(23(37)38)20(10)39-14-4-15(26-6-14)21(35)32-7-12(25)3-13(32)5-24/h9-15,17-18,26H,3-8,24-25H2,1-2H3,(H,28,34)(H,37,38)/t10-,11-,12-,13-,14+,15+,17-,18-/m1/s1. The summed E-state index contributed by atoms with van der Waals surface area (Å²) in [6.45, 7) is 4.93. The number of nitrogens with one attached hydrogen (secondary N) is 2. The molecular weight excluding hydrogens is 528 g/mol. The van der Waals surface area contributed by atoms with Crippen molar-refractivity contribution in [1.82, 2.24) is 40.6 Å². The van der Waals surface area contributed by atoms with Gasteiger partial charge in [-0.25, -0.2) is 9.48 Å². The number of aromatic nitrogens is 4. The molecule has 3 fully saturated rings. The molecule has 3 amide bonds. The second-order valence-electron chi connectivity index (χ2n) is 10.7. The Morgan fingerprint density at radius 3 is 2.77 bits per heavy atom. The summed E-state index contributed by atoms with van der Waals surface area (Å²) in [7, 11) is 0. The molecule has 0 radical (unpaired) electrons. The number of thioether (sulfide) groups is 1. The first-order valence-electron chi connectivity index (χ1n) is 13.1. The fraction of sp³-hybridized carbons (Fsp3) is 0.696. The van der Waals surface area contributed by atoms with Crippen LogP contribution in [0.5, 0.6) is 0 Å². The van der Waals surface area contributed by atoms with Crippen molar-refractivity contribution in [3.63, 3.8) is 0 Å². The number of aliphatic carboxylic acids is 1. The van der Waals surface area contributed by atoms with Crippen LogP contribution in [0.15, 0.2) is 16.9 Å². The van der Waals surface area contributed by atoms with Gasteiger partial charge in [-0.05, 0) is 30.2 Å². The van der Waals surface area contributed by atoms with Gasteiger partial charge in [-0.3, -0.25) is 14.4 Å². The lowest BCUT2D eigenvalue weighted by Gasteiger charge is -2.47. The van der Waals surface area contributed by atoms with E-state index in [4.69, 9.17) is 11.5 Å². The molecule has 15 nitrogen and oxygen atoms in total. The molecule has 5 heterocycles. The Morgan fingerprint density at radius 2 is 2.10 bits per heavy atom. The summed E-state index contributed by atoms with van der Waals surface area (Å²) >= 11 is 1.42. The molecule has 5 rings (SSSR count). The Labute approximate surface area is 229 Å². The van der Waals surface area contributed by atoms with Crippen molar-refractivity contribution in [2.24, 2.45) is 23.3 Å². The highest BCUT2D eigenvalue weighted by Crippen LogP contribution is 2.51. The van der Waals surface area contributed by atoms with E-state index in [9.17, 15) is 24.3 Å². The van der Waals surface area contributed by atoms with Gasteiger partial charge in [0.05, 0.1) is 18.0 Å². The number of β-lactam (4-membered cyclic amide) rings is 1. The Kier molecular flexibility index (Phi) is 7.63. The molecule has 1 aromatic rings. The predicted molar refractivity (Wildman–Crippen MR) is 138 cm³/mol. The molecule has 0 spiro atoms. The number of carbonyl (C=O) groups excluding carboxylic acids is 3. The number of nitrogens with two attached hydrogens (primary N) is 2. The summed E-state index contributed by atoms with van der Waals surface area (Å²) in [6.07, 6.45) is 2.53. The Balaban J connectivity index is 1.23. The fourth-order valence-corrected chi connectivity index (χ4v) is 7.77. The number of nitrogens with zero attached hydrogens (tertiary/aromatic N) is 6. The van der Waals surface area contributed by atoms with Crippen molar-refractivity contribution in [2.75, 3.05) is 19.6 Å². The topological polar surface area (TPSA) is 215 Å². The van der Waals surface area contributed by atoms with Crippen molar-refractivity contribution >= 4 is 35.5 Å². The number of carboxylic acids is 1. The lowest BCUT2D eigenvalue weighted by atomic mass is 9.78. The van der Waals surface area contributed by atoms with Gasteiger partial charge < -0.3 is 37.0 Å². The van der Waals surface area contributed by atoms with Crippen LogP contribution in [0.3, 0.4) is 0 Å². The zero-order valence-electron chi connectivity index (χ0n) is 21.8. The zero-order valence-corrected chi connectivity index (χ0v) is 22.6. The molecule has 212 valence electrons. The van der Waals surface area contributed by atoms with E-state index in [0.29, 0.717) is 37.4 Å². The van der Waals surface area contributed by atoms with Crippen molar-refractivity contribution < 1.29 is 24.3 Å². The summed E-state index contributed by atoms with van der Waals surface area (Å²) in [6, 6.07) is -1.44. The Morgan fingerprint density at radius 1 is 1.33 bits per heavy atom. The summed E-state index contributed by atoms with van der Waals surface area (Å²) < 4.78 is 1.27. The molecule has 0 aromatic carbocycles. The molecule has 39 heavy (non-hydrogen) atoms. The highest BCUT2D eigenvalue weighted by molar-refractivity contribution is 8.03. The van der Waals surface area contributed by atoms with Crippen molar-refractivity contribution in [2.45, 2.75) is 68.7 Å². The van der Waals surface area contributed by atoms with Crippen LogP contribution in [-0.4, -0.2) is 114 Å². The van der Waals surface area contributed by atoms with E-state index in [0.717, 1.165) is 0 Å². The monoisotopic (exact) mass is 562 g/mol. The molecule has 4 aliphatic heterocycles. The van der Waals surface area contributed by atoms with Crippen molar-refractivity contribution in [3.05, 3.63) is 16.9 Å². The fourth-order valence-electron chi connectivity index (χ4n) is 6.29. The van der Waals surface area contributed by atoms with Crippen LogP contribution in [0.2, 0.25) is 0 Å². The molecule has 0 unspecified atom stereocenters. The van der Waals surface area contributed by atoms with Crippen LogP contribution >= 0.6 is 11.8 Å². The van der Waals surface area contributed by atoms with Gasteiger partial charge in [0.2, 0.25) is 17.7 Å². The molecule has 0 aliphatic carbocycles. The van der Waals surface area contributed by atoms with Crippen LogP contribution in [0.25, 0.3) is 0 Å². The molecule has 0 saturated carbocycles. The Hall–Kier alpha value is -3.08. The largest absolute Gasteiger partial charge is 0.477 e. The maximum atomic E-state index is 13.2.